The lowest BCUT2D eigenvalue weighted by molar-refractivity contribution is -0.150. The maximum Gasteiger partial charge on any atom is 0.387 e. The number of hydrogen-bond acceptors (Lipinski definition) is 8. The van der Waals surface area contributed by atoms with E-state index >= 15 is 0 Å². The van der Waals surface area contributed by atoms with Crippen LogP contribution in [0.1, 0.15) is 21.5 Å². The summed E-state index contributed by atoms with van der Waals surface area (Å²) in [6.45, 7) is -3.34. The first-order valence-corrected chi connectivity index (χ1v) is 10.3. The van der Waals surface area contributed by atoms with Crippen molar-refractivity contribution in [3.8, 4) is 5.75 Å². The molecule has 2 aliphatic rings. The molecule has 0 aromatic heterocycles. The molecule has 2 aliphatic heterocycles. The number of carboxylic acids is 1. The molecule has 184 valence electrons. The van der Waals surface area contributed by atoms with Crippen molar-refractivity contribution in [2.24, 2.45) is 10.7 Å². The van der Waals surface area contributed by atoms with E-state index in [0.717, 1.165) is 22.1 Å². The zero-order valence-corrected chi connectivity index (χ0v) is 18.0. The summed E-state index contributed by atoms with van der Waals surface area (Å²) in [6.07, 6.45) is -3.63. The Balaban J connectivity index is 1.54. The molecule has 0 aliphatic carbocycles. The second-order valence-corrected chi connectivity index (χ2v) is 7.63. The van der Waals surface area contributed by atoms with Gasteiger partial charge in [0.05, 0.1) is 18.8 Å². The summed E-state index contributed by atoms with van der Waals surface area (Å²) in [7, 11) is 0. The number of aliphatic hydroxyl groups excluding tert-OH is 1. The predicted molar refractivity (Wildman–Crippen MR) is 118 cm³/mol. The molecule has 2 heterocycles. The summed E-state index contributed by atoms with van der Waals surface area (Å²) in [4.78, 5) is 42.2. The number of alkyl halides is 2. The third-order valence-electron chi connectivity index (χ3n) is 5.47. The smallest absolute Gasteiger partial charge is 0.387 e. The van der Waals surface area contributed by atoms with Gasteiger partial charge in [0, 0.05) is 17.8 Å². The molecule has 1 fully saturated rings. The molecule has 0 bridgehead atoms. The number of carboxylic acid groups (broad SMARTS) is 1. The summed E-state index contributed by atoms with van der Waals surface area (Å²) in [6, 6.07) is 8.36. The van der Waals surface area contributed by atoms with Gasteiger partial charge in [0.2, 0.25) is 0 Å². The van der Waals surface area contributed by atoms with Crippen molar-refractivity contribution in [1.82, 2.24) is 0 Å². The van der Waals surface area contributed by atoms with Crippen LogP contribution in [0.4, 0.5) is 20.2 Å². The van der Waals surface area contributed by atoms with Crippen LogP contribution in [0.25, 0.3) is 0 Å². The number of halogens is 2. The highest BCUT2D eigenvalue weighted by molar-refractivity contribution is 6.06. The van der Waals surface area contributed by atoms with Gasteiger partial charge in [-0.05, 0) is 35.9 Å². The number of ether oxygens (including phenoxy) is 2. The van der Waals surface area contributed by atoms with Crippen LogP contribution in [0.15, 0.2) is 41.4 Å². The average molecular weight is 490 g/mol. The molecule has 2 atom stereocenters. The lowest BCUT2D eigenvalue weighted by Crippen LogP contribution is -2.55. The van der Waals surface area contributed by atoms with Crippen LogP contribution >= 0.6 is 0 Å². The number of nitrogens with one attached hydrogen (secondary N) is 1. The van der Waals surface area contributed by atoms with Gasteiger partial charge in [-0.2, -0.15) is 8.78 Å². The Morgan fingerprint density at radius 1 is 1.29 bits per heavy atom. The number of morpholine rings is 1. The standard InChI is InChI=1S/C22H20F2N4O7/c23-22(24)35-16-13(21(32)33)2-1-3-14(16)28-6-7-34-17(20(28)31)15(29)19(30)27-11-4-5-12-10(8-11)9-26-18(12)25/h1-5,8,15,17,22,29H,6-7,9H2,(H2,25,26)(H,27,30)(H,32,33). The van der Waals surface area contributed by atoms with Crippen molar-refractivity contribution >= 4 is 35.0 Å². The fourth-order valence-corrected chi connectivity index (χ4v) is 3.85. The summed E-state index contributed by atoms with van der Waals surface area (Å²) < 4.78 is 35.7. The quantitative estimate of drug-likeness (QED) is 0.445. The first-order chi connectivity index (χ1) is 16.7. The largest absolute Gasteiger partial charge is 0.478 e. The Kier molecular flexibility index (Phi) is 6.62. The number of nitrogens with two attached hydrogens (primary N) is 1. The number of carbonyl (C=O) groups is 3. The zero-order chi connectivity index (χ0) is 25.3. The topological polar surface area (TPSA) is 164 Å². The maximum absolute atomic E-state index is 13.1. The monoisotopic (exact) mass is 490 g/mol. The van der Waals surface area contributed by atoms with E-state index in [4.69, 9.17) is 10.5 Å². The number of hydrogen-bond donors (Lipinski definition) is 4. The fraction of sp³-hybridized carbons (Fsp3) is 0.273. The van der Waals surface area contributed by atoms with Gasteiger partial charge < -0.3 is 35.6 Å². The molecule has 2 aromatic rings. The van der Waals surface area contributed by atoms with E-state index in [0.29, 0.717) is 18.1 Å². The van der Waals surface area contributed by atoms with Gasteiger partial charge in [-0.1, -0.05) is 6.07 Å². The number of anilines is 2. The third kappa shape index (κ3) is 4.76. The molecule has 5 N–H and O–H groups in total. The SMILES string of the molecule is NC1=NCc2cc(NC(=O)C(O)C3OCCN(c4cccc(C(=O)O)c4OC(F)F)C3=O)ccc21. The molecular weight excluding hydrogens is 470 g/mol. The minimum atomic E-state index is -3.36. The molecule has 0 spiro atoms. The lowest BCUT2D eigenvalue weighted by Gasteiger charge is -2.35. The highest BCUT2D eigenvalue weighted by atomic mass is 19.3. The van der Waals surface area contributed by atoms with Crippen LogP contribution in [0, 0.1) is 0 Å². The van der Waals surface area contributed by atoms with Crippen LogP contribution in [0.5, 0.6) is 5.75 Å². The van der Waals surface area contributed by atoms with Crippen LogP contribution in [0.2, 0.25) is 0 Å². The molecule has 1 saturated heterocycles. The van der Waals surface area contributed by atoms with Crippen molar-refractivity contribution in [1.29, 1.82) is 0 Å². The van der Waals surface area contributed by atoms with Crippen LogP contribution in [0.3, 0.4) is 0 Å². The second-order valence-electron chi connectivity index (χ2n) is 7.63. The van der Waals surface area contributed by atoms with Gasteiger partial charge >= 0.3 is 12.6 Å². The van der Waals surface area contributed by atoms with E-state index in [1.54, 1.807) is 18.2 Å². The van der Waals surface area contributed by atoms with E-state index < -0.39 is 47.9 Å². The van der Waals surface area contributed by atoms with Crippen molar-refractivity contribution in [3.63, 3.8) is 0 Å². The Morgan fingerprint density at radius 2 is 2.06 bits per heavy atom. The van der Waals surface area contributed by atoms with Gasteiger partial charge in [0.25, 0.3) is 11.8 Å². The number of fused-ring (bicyclic) bond motifs is 1. The van der Waals surface area contributed by atoms with Crippen molar-refractivity contribution in [2.75, 3.05) is 23.4 Å². The Morgan fingerprint density at radius 3 is 2.77 bits per heavy atom. The van der Waals surface area contributed by atoms with Crippen LogP contribution < -0.4 is 20.7 Å². The lowest BCUT2D eigenvalue weighted by atomic mass is 10.1. The van der Waals surface area contributed by atoms with Gasteiger partial charge in [-0.25, -0.2) is 4.79 Å². The maximum atomic E-state index is 13.1. The summed E-state index contributed by atoms with van der Waals surface area (Å²) in [5, 5.41) is 22.4. The minimum Gasteiger partial charge on any atom is -0.478 e. The third-order valence-corrected chi connectivity index (χ3v) is 5.47. The Labute approximate surface area is 196 Å². The number of amidine groups is 1. The minimum absolute atomic E-state index is 0.154. The average Bonchev–Trinajstić information content (AvgIpc) is 3.18. The number of para-hydroxylation sites is 1. The summed E-state index contributed by atoms with van der Waals surface area (Å²) in [5.74, 6) is -3.76. The Bertz CT molecular complexity index is 1220. The van der Waals surface area contributed by atoms with Crippen molar-refractivity contribution < 1.29 is 42.9 Å². The highest BCUT2D eigenvalue weighted by Gasteiger charge is 2.40. The van der Waals surface area contributed by atoms with Gasteiger partial charge in [0.1, 0.15) is 11.4 Å². The van der Waals surface area contributed by atoms with Crippen LogP contribution in [-0.2, 0) is 20.9 Å². The molecular formula is C22H20F2N4O7. The normalized spacial score (nSPS) is 18.2. The van der Waals surface area contributed by atoms with Gasteiger partial charge in [-0.3, -0.25) is 14.6 Å². The predicted octanol–water partition coefficient (Wildman–Crippen LogP) is 0.937. The first-order valence-electron chi connectivity index (χ1n) is 10.3. The number of carbonyl (C=O) groups excluding carboxylic acids is 2. The van der Waals surface area contributed by atoms with Crippen LogP contribution in [-0.4, -0.2) is 65.8 Å². The number of rotatable bonds is 7. The number of aliphatic hydroxyl groups is 1. The fourth-order valence-electron chi connectivity index (χ4n) is 3.85. The number of amides is 2. The highest BCUT2D eigenvalue weighted by Crippen LogP contribution is 2.35. The molecule has 0 radical (unpaired) electrons. The molecule has 2 aromatic carbocycles. The molecule has 0 saturated carbocycles. The number of aliphatic imine (C=N–C) groups is 1. The number of benzene rings is 2. The second kappa shape index (κ2) is 9.64. The Hall–Kier alpha value is -4.10. The summed E-state index contributed by atoms with van der Waals surface area (Å²) in [5.41, 5.74) is 6.76. The zero-order valence-electron chi connectivity index (χ0n) is 18.0. The van der Waals surface area contributed by atoms with Gasteiger partial charge in [0.15, 0.2) is 18.0 Å². The number of aromatic carboxylic acids is 1. The first kappa shape index (κ1) is 24.0. The van der Waals surface area contributed by atoms with E-state index in [-0.39, 0.29) is 18.8 Å². The molecule has 4 rings (SSSR count). The molecule has 13 heteroatoms. The molecule has 2 amide bonds. The summed E-state index contributed by atoms with van der Waals surface area (Å²) >= 11 is 0. The molecule has 11 nitrogen and oxygen atoms in total. The van der Waals surface area contributed by atoms with Gasteiger partial charge in [-0.15, -0.1) is 0 Å². The van der Waals surface area contributed by atoms with Crippen molar-refractivity contribution in [3.05, 3.63) is 53.1 Å². The van der Waals surface area contributed by atoms with E-state index in [1.165, 1.54) is 12.1 Å². The van der Waals surface area contributed by atoms with E-state index in [9.17, 15) is 33.4 Å². The van der Waals surface area contributed by atoms with E-state index in [2.05, 4.69) is 15.0 Å². The van der Waals surface area contributed by atoms with Crippen molar-refractivity contribution in [2.45, 2.75) is 25.4 Å². The number of nitrogens with zero attached hydrogens (tertiary/aromatic N) is 2. The molecule has 35 heavy (non-hydrogen) atoms. The van der Waals surface area contributed by atoms with E-state index in [1.807, 2.05) is 0 Å². The molecule has 2 unspecified atom stereocenters.